The number of amides is 3. The molecular weight excluding hydrogens is 414 g/mol. The summed E-state index contributed by atoms with van der Waals surface area (Å²) in [6, 6.07) is 12.7. The fraction of sp³-hybridized carbons (Fsp3) is 0.292. The van der Waals surface area contributed by atoms with E-state index in [4.69, 9.17) is 11.6 Å². The second-order valence-electron chi connectivity index (χ2n) is 7.93. The maximum Gasteiger partial charge on any atom is 0.277 e. The van der Waals surface area contributed by atoms with E-state index >= 15 is 0 Å². The summed E-state index contributed by atoms with van der Waals surface area (Å²) in [6.07, 6.45) is 1.80. The topological polar surface area (TPSA) is 69.7 Å². The van der Waals surface area contributed by atoms with Crippen LogP contribution in [0, 0.1) is 6.92 Å². The largest absolute Gasteiger partial charge is 0.351 e. The highest BCUT2D eigenvalue weighted by atomic mass is 35.5. The van der Waals surface area contributed by atoms with Crippen LogP contribution < -0.4 is 10.2 Å². The highest BCUT2D eigenvalue weighted by Gasteiger charge is 2.48. The van der Waals surface area contributed by atoms with Gasteiger partial charge >= 0.3 is 0 Å². The Morgan fingerprint density at radius 1 is 1.03 bits per heavy atom. The van der Waals surface area contributed by atoms with Crippen LogP contribution >= 0.6 is 11.6 Å². The van der Waals surface area contributed by atoms with Crippen molar-refractivity contribution in [2.75, 3.05) is 23.8 Å². The summed E-state index contributed by atoms with van der Waals surface area (Å²) in [6.45, 7) is 4.59. The zero-order valence-electron chi connectivity index (χ0n) is 17.7. The van der Waals surface area contributed by atoms with Crippen LogP contribution in [-0.2, 0) is 14.4 Å². The Bertz CT molecular complexity index is 1110. The number of nitrogens with one attached hydrogen (secondary N) is 1. The first kappa shape index (κ1) is 21.1. The molecule has 3 amide bonds. The molecule has 1 unspecified atom stereocenters. The number of hydrogen-bond acceptors (Lipinski definition) is 4. The Morgan fingerprint density at radius 3 is 2.42 bits per heavy atom. The number of likely N-dealkylation sites (N-methyl/N-ethyl adjacent to an activating group) is 1. The number of imide groups is 1. The van der Waals surface area contributed by atoms with Crippen molar-refractivity contribution in [3.8, 4) is 0 Å². The number of carbonyl (C=O) groups is 3. The number of fused-ring (bicyclic) bond motifs is 1. The predicted octanol–water partition coefficient (Wildman–Crippen LogP) is 4.24. The van der Waals surface area contributed by atoms with E-state index in [1.807, 2.05) is 25.1 Å². The first-order chi connectivity index (χ1) is 14.8. The molecule has 2 heterocycles. The standard InChI is InChI=1S/C24H24ClN3O3/c1-4-5-12-28-18-11-6-14(2)13-17(18)19(23(28)30)20-21(24(31)27(3)22(20)29)26-16-9-7-15(25)8-10-16/h6-11,13,19,26H,4-5,12H2,1-3H3. The van der Waals surface area contributed by atoms with E-state index in [2.05, 4.69) is 12.2 Å². The number of rotatable bonds is 6. The van der Waals surface area contributed by atoms with E-state index in [0.717, 1.165) is 34.6 Å². The van der Waals surface area contributed by atoms with Gasteiger partial charge in [-0.05, 0) is 49.2 Å². The molecule has 4 rings (SSSR count). The van der Waals surface area contributed by atoms with E-state index in [1.54, 1.807) is 29.2 Å². The van der Waals surface area contributed by atoms with Crippen LogP contribution in [0.4, 0.5) is 11.4 Å². The monoisotopic (exact) mass is 437 g/mol. The van der Waals surface area contributed by atoms with Crippen LogP contribution in [0.5, 0.6) is 0 Å². The molecule has 1 atom stereocenters. The first-order valence-corrected chi connectivity index (χ1v) is 10.7. The summed E-state index contributed by atoms with van der Waals surface area (Å²) in [5.74, 6) is -1.90. The second-order valence-corrected chi connectivity index (χ2v) is 8.37. The summed E-state index contributed by atoms with van der Waals surface area (Å²) in [7, 11) is 1.44. The van der Waals surface area contributed by atoms with Crippen LogP contribution in [0.1, 0.15) is 36.8 Å². The first-order valence-electron chi connectivity index (χ1n) is 10.3. The Morgan fingerprint density at radius 2 is 1.74 bits per heavy atom. The van der Waals surface area contributed by atoms with Crippen molar-refractivity contribution in [1.29, 1.82) is 0 Å². The van der Waals surface area contributed by atoms with Crippen molar-refractivity contribution in [3.05, 3.63) is 69.9 Å². The van der Waals surface area contributed by atoms with Gasteiger partial charge in [-0.1, -0.05) is 42.6 Å². The van der Waals surface area contributed by atoms with Gasteiger partial charge in [0.2, 0.25) is 5.91 Å². The molecule has 0 fully saturated rings. The van der Waals surface area contributed by atoms with Crippen LogP contribution in [0.3, 0.4) is 0 Å². The molecule has 0 saturated heterocycles. The van der Waals surface area contributed by atoms with Gasteiger partial charge in [0.1, 0.15) is 5.70 Å². The molecule has 2 aromatic rings. The fourth-order valence-electron chi connectivity index (χ4n) is 4.11. The van der Waals surface area contributed by atoms with E-state index in [9.17, 15) is 14.4 Å². The number of benzene rings is 2. The van der Waals surface area contributed by atoms with Gasteiger partial charge in [-0.15, -0.1) is 0 Å². The molecular formula is C24H24ClN3O3. The smallest absolute Gasteiger partial charge is 0.277 e. The molecule has 0 bridgehead atoms. The maximum absolute atomic E-state index is 13.5. The third-order valence-corrected chi connectivity index (χ3v) is 6.01. The molecule has 31 heavy (non-hydrogen) atoms. The van der Waals surface area contributed by atoms with Gasteiger partial charge in [0.25, 0.3) is 11.8 Å². The zero-order valence-corrected chi connectivity index (χ0v) is 18.5. The summed E-state index contributed by atoms with van der Waals surface area (Å²) in [5.41, 5.74) is 3.51. The molecule has 0 saturated carbocycles. The summed E-state index contributed by atoms with van der Waals surface area (Å²) >= 11 is 5.96. The molecule has 7 heteroatoms. The third-order valence-electron chi connectivity index (χ3n) is 5.76. The minimum atomic E-state index is -0.817. The van der Waals surface area contributed by atoms with Gasteiger partial charge in [0.05, 0.1) is 11.5 Å². The lowest BCUT2D eigenvalue weighted by Gasteiger charge is -2.18. The lowest BCUT2D eigenvalue weighted by Crippen LogP contribution is -2.32. The molecule has 0 radical (unpaired) electrons. The van der Waals surface area contributed by atoms with Gasteiger partial charge in [-0.25, -0.2) is 0 Å². The van der Waals surface area contributed by atoms with Gasteiger partial charge in [-0.2, -0.15) is 0 Å². The lowest BCUT2D eigenvalue weighted by molar-refractivity contribution is -0.136. The van der Waals surface area contributed by atoms with Crippen molar-refractivity contribution in [2.24, 2.45) is 0 Å². The second kappa shape index (κ2) is 8.19. The van der Waals surface area contributed by atoms with Crippen LogP contribution in [0.15, 0.2) is 53.7 Å². The average molecular weight is 438 g/mol. The van der Waals surface area contributed by atoms with Crippen molar-refractivity contribution in [1.82, 2.24) is 4.90 Å². The minimum absolute atomic E-state index is 0.137. The molecule has 2 aromatic carbocycles. The summed E-state index contributed by atoms with van der Waals surface area (Å²) < 4.78 is 0. The minimum Gasteiger partial charge on any atom is -0.351 e. The van der Waals surface area contributed by atoms with Crippen molar-refractivity contribution >= 4 is 40.7 Å². The van der Waals surface area contributed by atoms with Crippen molar-refractivity contribution in [3.63, 3.8) is 0 Å². The van der Waals surface area contributed by atoms with Gasteiger partial charge in [0.15, 0.2) is 0 Å². The van der Waals surface area contributed by atoms with Gasteiger partial charge < -0.3 is 10.2 Å². The van der Waals surface area contributed by atoms with Crippen molar-refractivity contribution < 1.29 is 14.4 Å². The molecule has 160 valence electrons. The zero-order chi connectivity index (χ0) is 22.3. The predicted molar refractivity (Wildman–Crippen MR) is 121 cm³/mol. The maximum atomic E-state index is 13.5. The van der Waals surface area contributed by atoms with Crippen LogP contribution in [-0.4, -0.2) is 36.2 Å². The van der Waals surface area contributed by atoms with E-state index < -0.39 is 17.7 Å². The lowest BCUT2D eigenvalue weighted by atomic mass is 9.90. The Kier molecular flexibility index (Phi) is 5.58. The number of nitrogens with zero attached hydrogens (tertiary/aromatic N) is 2. The number of halogens is 1. The number of unbranched alkanes of at least 4 members (excludes halogenated alkanes) is 1. The molecule has 2 aliphatic rings. The molecule has 0 aromatic heterocycles. The highest BCUT2D eigenvalue weighted by Crippen LogP contribution is 2.45. The summed E-state index contributed by atoms with van der Waals surface area (Å²) in [4.78, 5) is 42.4. The Labute approximate surface area is 186 Å². The molecule has 0 spiro atoms. The summed E-state index contributed by atoms with van der Waals surface area (Å²) in [5, 5.41) is 3.63. The SMILES string of the molecule is CCCCN1C(=O)C(C2=C(Nc3ccc(Cl)cc3)C(=O)N(C)C2=O)c2cc(C)ccc21. The number of aryl methyl sites for hydroxylation is 1. The Hall–Kier alpha value is -3.12. The van der Waals surface area contributed by atoms with Gasteiger partial charge in [0, 0.05) is 30.0 Å². The Balaban J connectivity index is 1.84. The van der Waals surface area contributed by atoms with Gasteiger partial charge in [-0.3, -0.25) is 19.3 Å². The van der Waals surface area contributed by atoms with E-state index in [-0.39, 0.29) is 17.2 Å². The fourth-order valence-corrected chi connectivity index (χ4v) is 4.24. The van der Waals surface area contributed by atoms with Crippen LogP contribution in [0.25, 0.3) is 0 Å². The molecule has 2 aliphatic heterocycles. The van der Waals surface area contributed by atoms with E-state index in [1.165, 1.54) is 7.05 Å². The average Bonchev–Trinajstić information content (AvgIpc) is 3.12. The number of anilines is 2. The third kappa shape index (κ3) is 3.61. The normalized spacial score (nSPS) is 18.3. The number of carbonyl (C=O) groups excluding carboxylic acids is 3. The number of hydrogen-bond donors (Lipinski definition) is 1. The van der Waals surface area contributed by atoms with E-state index in [0.29, 0.717) is 17.3 Å². The molecule has 6 nitrogen and oxygen atoms in total. The quantitative estimate of drug-likeness (QED) is 0.686. The van der Waals surface area contributed by atoms with Crippen LogP contribution in [0.2, 0.25) is 5.02 Å². The molecule has 0 aliphatic carbocycles. The highest BCUT2D eigenvalue weighted by molar-refractivity contribution is 6.30. The van der Waals surface area contributed by atoms with Crippen molar-refractivity contribution in [2.45, 2.75) is 32.6 Å². The molecule has 1 N–H and O–H groups in total.